The van der Waals surface area contributed by atoms with Crippen molar-refractivity contribution in [3.8, 4) is 22.5 Å². The van der Waals surface area contributed by atoms with Crippen LogP contribution in [0.2, 0.25) is 0 Å². The molecule has 0 fully saturated rings. The van der Waals surface area contributed by atoms with Crippen LogP contribution in [0.15, 0.2) is 146 Å². The fourth-order valence-electron chi connectivity index (χ4n) is 8.48. The molecule has 3 aromatic heterocycles. The summed E-state index contributed by atoms with van der Waals surface area (Å²) in [5, 5.41) is 15.0. The molecule has 5 aromatic carbocycles. The molecule has 7 nitrogen and oxygen atoms in total. The molecule has 0 radical (unpaired) electrons. The Morgan fingerprint density at radius 2 is 1.30 bits per heavy atom. The first kappa shape index (κ1) is 35.2. The number of fused-ring (bicyclic) bond motifs is 1. The van der Waals surface area contributed by atoms with Gasteiger partial charge < -0.3 is 4.57 Å². The first-order valence-corrected chi connectivity index (χ1v) is 19.8. The van der Waals surface area contributed by atoms with Crippen LogP contribution in [0.5, 0.6) is 0 Å². The summed E-state index contributed by atoms with van der Waals surface area (Å²) in [5.74, 6) is 1.63. The van der Waals surface area contributed by atoms with Gasteiger partial charge in [-0.3, -0.25) is 0 Å². The maximum absolute atomic E-state index is 5.30. The number of benzene rings is 5. The van der Waals surface area contributed by atoms with Crippen molar-refractivity contribution in [1.29, 1.82) is 0 Å². The Hall–Kier alpha value is -6.47. The Morgan fingerprint density at radius 3 is 1.91 bits per heavy atom. The van der Waals surface area contributed by atoms with E-state index in [4.69, 9.17) is 25.4 Å². The van der Waals surface area contributed by atoms with Crippen molar-refractivity contribution in [2.24, 2.45) is 0 Å². The molecule has 9 rings (SSSR count). The smallest absolute Gasteiger partial charge is 0.205 e. The number of aromatic nitrogens is 7. The molecule has 0 spiro atoms. The molecule has 0 N–H and O–H groups in total. The molecule has 0 saturated heterocycles. The van der Waals surface area contributed by atoms with E-state index in [0.29, 0.717) is 12.4 Å². The summed E-state index contributed by atoms with van der Waals surface area (Å²) >= 11 is 0. The molecule has 7 heteroatoms. The van der Waals surface area contributed by atoms with E-state index < -0.39 is 5.54 Å². The van der Waals surface area contributed by atoms with Crippen LogP contribution in [-0.4, -0.2) is 34.7 Å². The van der Waals surface area contributed by atoms with E-state index in [1.54, 1.807) is 0 Å². The molecule has 0 amide bonds. The zero-order valence-electron chi connectivity index (χ0n) is 32.2. The van der Waals surface area contributed by atoms with Gasteiger partial charge in [-0.05, 0) is 113 Å². The first-order valence-electron chi connectivity index (χ1n) is 19.8. The second-order valence-electron chi connectivity index (χ2n) is 14.9. The number of imidazole rings is 1. The molecule has 0 unspecified atom stereocenters. The third-order valence-electron chi connectivity index (χ3n) is 11.2. The van der Waals surface area contributed by atoms with E-state index in [0.717, 1.165) is 80.9 Å². The molecule has 276 valence electrons. The molecule has 8 aromatic rings. The number of tetrazole rings is 1. The van der Waals surface area contributed by atoms with Crippen LogP contribution < -0.4 is 0 Å². The van der Waals surface area contributed by atoms with E-state index in [1.807, 2.05) is 23.0 Å². The highest BCUT2D eigenvalue weighted by molar-refractivity contribution is 5.84. The van der Waals surface area contributed by atoms with Crippen LogP contribution >= 0.6 is 0 Å². The van der Waals surface area contributed by atoms with Gasteiger partial charge in [0.1, 0.15) is 11.3 Å². The summed E-state index contributed by atoms with van der Waals surface area (Å²) < 4.78 is 2.27. The van der Waals surface area contributed by atoms with Gasteiger partial charge in [-0.2, -0.15) is 0 Å². The summed E-state index contributed by atoms with van der Waals surface area (Å²) in [5.41, 5.74) is 13.4. The average molecular weight is 732 g/mol. The normalized spacial score (nSPS) is 13.2. The second-order valence-corrected chi connectivity index (χ2v) is 14.9. The van der Waals surface area contributed by atoms with E-state index in [2.05, 4.69) is 153 Å². The Bertz CT molecular complexity index is 2560. The first-order chi connectivity index (χ1) is 27.5. The Morgan fingerprint density at radius 1 is 0.661 bits per heavy atom. The van der Waals surface area contributed by atoms with Gasteiger partial charge in [0.15, 0.2) is 11.2 Å². The number of aryl methyl sites for hydroxylation is 3. The van der Waals surface area contributed by atoms with Crippen LogP contribution in [0.4, 0.5) is 0 Å². The fraction of sp³-hybridized carbons (Fsp3) is 0.204. The molecular formula is C49H45N7. The number of allylic oxidation sites excluding steroid dienone is 2. The molecule has 0 aliphatic heterocycles. The molecule has 0 atom stereocenters. The Balaban J connectivity index is 1.16. The largest absolute Gasteiger partial charge is 0.308 e. The summed E-state index contributed by atoms with van der Waals surface area (Å²) in [4.78, 5) is 11.7. The number of pyridine rings is 1. The minimum absolute atomic E-state index is 0.578. The van der Waals surface area contributed by atoms with Crippen LogP contribution in [0.25, 0.3) is 39.3 Å². The van der Waals surface area contributed by atoms with E-state index >= 15 is 0 Å². The van der Waals surface area contributed by atoms with Gasteiger partial charge >= 0.3 is 0 Å². The Labute approximate surface area is 328 Å². The molecule has 56 heavy (non-hydrogen) atoms. The van der Waals surface area contributed by atoms with Crippen molar-refractivity contribution in [1.82, 2.24) is 34.7 Å². The van der Waals surface area contributed by atoms with E-state index in [9.17, 15) is 0 Å². The van der Waals surface area contributed by atoms with Gasteiger partial charge in [-0.25, -0.2) is 9.97 Å². The summed E-state index contributed by atoms with van der Waals surface area (Å²) in [6.07, 6.45) is 7.92. The van der Waals surface area contributed by atoms with Crippen molar-refractivity contribution in [2.45, 2.75) is 65.0 Å². The van der Waals surface area contributed by atoms with Crippen molar-refractivity contribution in [3.63, 3.8) is 0 Å². The van der Waals surface area contributed by atoms with Crippen molar-refractivity contribution in [3.05, 3.63) is 191 Å². The SMILES string of the molecule is CCc1nc2c(C)cc(C)nc2n1Cc1ccc(-c2cc(C3=CCCCC3)ccc2-c2nnn(C(c3ccccc3)(c3ccccc3)c3ccccc3)n2)cc1. The summed E-state index contributed by atoms with van der Waals surface area (Å²) in [6, 6.07) is 49.3. The topological polar surface area (TPSA) is 74.3 Å². The van der Waals surface area contributed by atoms with E-state index in [-0.39, 0.29) is 0 Å². The highest BCUT2D eigenvalue weighted by atomic mass is 15.6. The number of hydrogen-bond donors (Lipinski definition) is 0. The minimum Gasteiger partial charge on any atom is -0.308 e. The lowest BCUT2D eigenvalue weighted by molar-refractivity contribution is 0.396. The molecule has 0 bridgehead atoms. The van der Waals surface area contributed by atoms with Crippen LogP contribution in [0.3, 0.4) is 0 Å². The molecular weight excluding hydrogens is 687 g/mol. The fourth-order valence-corrected chi connectivity index (χ4v) is 8.48. The highest BCUT2D eigenvalue weighted by Gasteiger charge is 2.41. The van der Waals surface area contributed by atoms with Gasteiger partial charge in [0.25, 0.3) is 0 Å². The monoisotopic (exact) mass is 731 g/mol. The lowest BCUT2D eigenvalue weighted by Crippen LogP contribution is -2.39. The number of hydrogen-bond acceptors (Lipinski definition) is 5. The third kappa shape index (κ3) is 6.33. The molecule has 3 heterocycles. The standard InChI is InChI=1S/C49H45N7/c1-4-45-51-46-34(2)31-35(3)50-48(46)55(45)33-36-25-27-38(28-26-36)44-32-39(37-17-9-5-10-18-37)29-30-43(44)47-52-54-56(53-47)49(40-19-11-6-12-20-40,41-21-13-7-14-22-41)42-23-15-8-16-24-42/h6-8,11-17,19-32H,4-5,9-10,18,33H2,1-3H3. The van der Waals surface area contributed by atoms with Gasteiger partial charge in [-0.15, -0.1) is 15.0 Å². The van der Waals surface area contributed by atoms with Gasteiger partial charge in [0.05, 0.1) is 6.54 Å². The molecule has 1 aliphatic carbocycles. The average Bonchev–Trinajstić information content (AvgIpc) is 3.88. The summed E-state index contributed by atoms with van der Waals surface area (Å²) in [7, 11) is 0. The molecule has 1 aliphatic rings. The number of rotatable bonds is 10. The molecule has 0 saturated carbocycles. The van der Waals surface area contributed by atoms with Crippen molar-refractivity contribution in [2.75, 3.05) is 0 Å². The number of nitrogens with zero attached hydrogens (tertiary/aromatic N) is 7. The summed E-state index contributed by atoms with van der Waals surface area (Å²) in [6.45, 7) is 7.03. The predicted octanol–water partition coefficient (Wildman–Crippen LogP) is 10.8. The van der Waals surface area contributed by atoms with Crippen LogP contribution in [0.1, 0.15) is 77.5 Å². The zero-order valence-corrected chi connectivity index (χ0v) is 32.2. The lowest BCUT2D eigenvalue weighted by Gasteiger charge is -2.34. The van der Waals surface area contributed by atoms with Gasteiger partial charge in [-0.1, -0.05) is 134 Å². The quantitative estimate of drug-likeness (QED) is 0.131. The van der Waals surface area contributed by atoms with Gasteiger partial charge in [0.2, 0.25) is 5.82 Å². The second kappa shape index (κ2) is 15.0. The van der Waals surface area contributed by atoms with Crippen LogP contribution in [-0.2, 0) is 18.5 Å². The highest BCUT2D eigenvalue weighted by Crippen LogP contribution is 2.41. The van der Waals surface area contributed by atoms with Crippen LogP contribution in [0, 0.1) is 13.8 Å². The minimum atomic E-state index is -0.857. The maximum Gasteiger partial charge on any atom is 0.205 e. The maximum atomic E-state index is 5.30. The zero-order chi connectivity index (χ0) is 38.1. The van der Waals surface area contributed by atoms with Crippen molar-refractivity contribution >= 4 is 16.7 Å². The van der Waals surface area contributed by atoms with Gasteiger partial charge in [0, 0.05) is 17.7 Å². The predicted molar refractivity (Wildman–Crippen MR) is 225 cm³/mol. The Kier molecular flexibility index (Phi) is 9.43. The van der Waals surface area contributed by atoms with E-state index in [1.165, 1.54) is 29.5 Å². The third-order valence-corrected chi connectivity index (χ3v) is 11.2. The lowest BCUT2D eigenvalue weighted by atomic mass is 9.77. The van der Waals surface area contributed by atoms with Crippen molar-refractivity contribution < 1.29 is 0 Å².